The molecule has 1 aromatic heterocycles. The Morgan fingerprint density at radius 1 is 0.583 bits per heavy atom. The summed E-state index contributed by atoms with van der Waals surface area (Å²) < 4.78 is 0. The minimum absolute atomic E-state index is 0.173. The summed E-state index contributed by atoms with van der Waals surface area (Å²) in [6.45, 7) is 2.74. The quantitative estimate of drug-likeness (QED) is 0.350. The number of rotatable bonds is 8. The van der Waals surface area contributed by atoms with Gasteiger partial charge in [-0.2, -0.15) is 0 Å². The van der Waals surface area contributed by atoms with Gasteiger partial charge in [0, 0.05) is 22.5 Å². The molecule has 0 saturated carbocycles. The number of hydrogen-bond donors (Lipinski definition) is 2. The SMILES string of the molecule is CC(=O)CC(=O)Nc1ccc(-c2nc3ccccc3nc2-c2ccc(NC(=O)CC(C)=O)cc2)cc1. The Kier molecular flexibility index (Phi) is 7.25. The van der Waals surface area contributed by atoms with Gasteiger partial charge in [0.1, 0.15) is 11.6 Å². The Labute approximate surface area is 207 Å². The molecular formula is C28H24N4O4. The first kappa shape index (κ1) is 24.4. The highest BCUT2D eigenvalue weighted by molar-refractivity contribution is 6.04. The van der Waals surface area contributed by atoms with Crippen LogP contribution < -0.4 is 10.6 Å². The normalized spacial score (nSPS) is 10.6. The van der Waals surface area contributed by atoms with Crippen LogP contribution in [0.4, 0.5) is 11.4 Å². The Morgan fingerprint density at radius 2 is 0.944 bits per heavy atom. The molecule has 2 amide bonds. The highest BCUT2D eigenvalue weighted by Crippen LogP contribution is 2.32. The molecule has 0 aliphatic carbocycles. The number of aromatic nitrogens is 2. The van der Waals surface area contributed by atoms with Crippen LogP contribution in [0.5, 0.6) is 0 Å². The number of hydrogen-bond acceptors (Lipinski definition) is 6. The van der Waals surface area contributed by atoms with Crippen molar-refractivity contribution in [2.75, 3.05) is 10.6 Å². The Hall–Kier alpha value is -4.72. The van der Waals surface area contributed by atoms with Crippen molar-refractivity contribution in [2.24, 2.45) is 0 Å². The van der Waals surface area contributed by atoms with Crippen molar-refractivity contribution in [1.82, 2.24) is 9.97 Å². The van der Waals surface area contributed by atoms with Crippen LogP contribution in [0.25, 0.3) is 33.5 Å². The fraction of sp³-hybridized carbons (Fsp3) is 0.143. The fourth-order valence-electron chi connectivity index (χ4n) is 3.69. The summed E-state index contributed by atoms with van der Waals surface area (Å²) in [4.78, 5) is 55.9. The number of ketones is 2. The molecule has 0 aliphatic rings. The first-order valence-electron chi connectivity index (χ1n) is 11.3. The summed E-state index contributed by atoms with van der Waals surface area (Å²) in [5.41, 5.74) is 5.54. The van der Waals surface area contributed by atoms with Crippen LogP contribution in [0, 0.1) is 0 Å². The summed E-state index contributed by atoms with van der Waals surface area (Å²) in [5, 5.41) is 5.42. The lowest BCUT2D eigenvalue weighted by atomic mass is 10.0. The summed E-state index contributed by atoms with van der Waals surface area (Å²) in [5.74, 6) is -1.14. The second-order valence-electron chi connectivity index (χ2n) is 8.42. The number of carbonyl (C=O) groups excluding carboxylic acids is 4. The van der Waals surface area contributed by atoms with E-state index in [0.29, 0.717) is 22.8 Å². The van der Waals surface area contributed by atoms with Crippen LogP contribution >= 0.6 is 0 Å². The molecule has 1 heterocycles. The number of fused-ring (bicyclic) bond motifs is 1. The molecule has 0 fully saturated rings. The topological polar surface area (TPSA) is 118 Å². The molecule has 0 aliphatic heterocycles. The average Bonchev–Trinajstić information content (AvgIpc) is 2.83. The summed E-state index contributed by atoms with van der Waals surface area (Å²) in [6, 6.07) is 21.9. The van der Waals surface area contributed by atoms with Crippen LogP contribution in [-0.2, 0) is 19.2 Å². The summed E-state index contributed by atoms with van der Waals surface area (Å²) in [6.07, 6.45) is -0.347. The number of carbonyl (C=O) groups is 4. The second-order valence-corrected chi connectivity index (χ2v) is 8.42. The van der Waals surface area contributed by atoms with Gasteiger partial charge in [-0.1, -0.05) is 36.4 Å². The molecule has 8 nitrogen and oxygen atoms in total. The lowest BCUT2D eigenvalue weighted by Gasteiger charge is -2.12. The molecule has 3 aromatic carbocycles. The lowest BCUT2D eigenvalue weighted by molar-refractivity contribution is -0.125. The van der Waals surface area contributed by atoms with E-state index in [9.17, 15) is 19.2 Å². The highest BCUT2D eigenvalue weighted by Gasteiger charge is 2.14. The van der Waals surface area contributed by atoms with Gasteiger partial charge in [-0.15, -0.1) is 0 Å². The van der Waals surface area contributed by atoms with E-state index in [1.165, 1.54) is 13.8 Å². The number of benzene rings is 3. The van der Waals surface area contributed by atoms with Gasteiger partial charge in [0.15, 0.2) is 0 Å². The third-order valence-corrected chi connectivity index (χ3v) is 5.27. The molecule has 0 radical (unpaired) electrons. The number of anilines is 2. The number of amides is 2. The fourth-order valence-corrected chi connectivity index (χ4v) is 3.69. The predicted octanol–water partition coefficient (Wildman–Crippen LogP) is 4.80. The maximum atomic E-state index is 11.9. The van der Waals surface area contributed by atoms with Crippen LogP contribution in [0.2, 0.25) is 0 Å². The van der Waals surface area contributed by atoms with Crippen LogP contribution in [0.3, 0.4) is 0 Å². The zero-order chi connectivity index (χ0) is 25.7. The molecule has 36 heavy (non-hydrogen) atoms. The van der Waals surface area contributed by atoms with E-state index in [1.807, 2.05) is 48.5 Å². The Morgan fingerprint density at radius 3 is 1.28 bits per heavy atom. The molecule has 0 spiro atoms. The van der Waals surface area contributed by atoms with Crippen molar-refractivity contribution in [3.8, 4) is 22.5 Å². The average molecular weight is 481 g/mol. The molecule has 4 rings (SSSR count). The monoisotopic (exact) mass is 480 g/mol. The first-order valence-corrected chi connectivity index (χ1v) is 11.3. The van der Waals surface area contributed by atoms with Gasteiger partial charge in [-0.05, 0) is 50.2 Å². The third-order valence-electron chi connectivity index (χ3n) is 5.27. The van der Waals surface area contributed by atoms with Crippen molar-refractivity contribution in [1.29, 1.82) is 0 Å². The maximum absolute atomic E-state index is 11.9. The van der Waals surface area contributed by atoms with Gasteiger partial charge >= 0.3 is 0 Å². The molecule has 8 heteroatoms. The van der Waals surface area contributed by atoms with Crippen molar-refractivity contribution >= 4 is 45.8 Å². The Balaban J connectivity index is 1.67. The number of Topliss-reactive ketones (excluding diaryl/α,β-unsaturated/α-hetero) is 2. The van der Waals surface area contributed by atoms with Crippen LogP contribution in [0.1, 0.15) is 26.7 Å². The van der Waals surface area contributed by atoms with Gasteiger partial charge in [0.05, 0.1) is 35.3 Å². The largest absolute Gasteiger partial charge is 0.326 e. The predicted molar refractivity (Wildman–Crippen MR) is 138 cm³/mol. The number of para-hydroxylation sites is 2. The lowest BCUT2D eigenvalue weighted by Crippen LogP contribution is -2.14. The third kappa shape index (κ3) is 6.04. The van der Waals surface area contributed by atoms with E-state index in [4.69, 9.17) is 9.97 Å². The van der Waals surface area contributed by atoms with E-state index in [-0.39, 0.29) is 36.2 Å². The molecule has 2 N–H and O–H groups in total. The minimum Gasteiger partial charge on any atom is -0.326 e. The van der Waals surface area contributed by atoms with Gasteiger partial charge in [0.25, 0.3) is 0 Å². The van der Waals surface area contributed by atoms with Crippen molar-refractivity contribution in [3.05, 3.63) is 72.8 Å². The van der Waals surface area contributed by atoms with E-state index in [2.05, 4.69) is 10.6 Å². The number of nitrogens with one attached hydrogen (secondary N) is 2. The molecule has 0 saturated heterocycles. The van der Waals surface area contributed by atoms with Crippen molar-refractivity contribution in [3.63, 3.8) is 0 Å². The van der Waals surface area contributed by atoms with Crippen LogP contribution in [-0.4, -0.2) is 33.3 Å². The van der Waals surface area contributed by atoms with Gasteiger partial charge < -0.3 is 10.6 Å². The van der Waals surface area contributed by atoms with E-state index in [0.717, 1.165) is 22.2 Å². The second kappa shape index (κ2) is 10.7. The Bertz CT molecular complexity index is 1350. The van der Waals surface area contributed by atoms with Crippen molar-refractivity contribution < 1.29 is 19.2 Å². The summed E-state index contributed by atoms with van der Waals surface area (Å²) >= 11 is 0. The molecule has 4 aromatic rings. The summed E-state index contributed by atoms with van der Waals surface area (Å²) in [7, 11) is 0. The molecule has 180 valence electrons. The molecule has 0 atom stereocenters. The van der Waals surface area contributed by atoms with E-state index in [1.54, 1.807) is 24.3 Å². The number of nitrogens with zero attached hydrogens (tertiary/aromatic N) is 2. The molecule has 0 bridgehead atoms. The maximum Gasteiger partial charge on any atom is 0.231 e. The van der Waals surface area contributed by atoms with Crippen LogP contribution in [0.15, 0.2) is 72.8 Å². The highest BCUT2D eigenvalue weighted by atomic mass is 16.2. The molecular weight excluding hydrogens is 456 g/mol. The van der Waals surface area contributed by atoms with E-state index >= 15 is 0 Å². The van der Waals surface area contributed by atoms with Gasteiger partial charge in [0.2, 0.25) is 11.8 Å². The van der Waals surface area contributed by atoms with Gasteiger partial charge in [-0.3, -0.25) is 19.2 Å². The van der Waals surface area contributed by atoms with Gasteiger partial charge in [-0.25, -0.2) is 9.97 Å². The van der Waals surface area contributed by atoms with E-state index < -0.39 is 0 Å². The minimum atomic E-state index is -0.364. The van der Waals surface area contributed by atoms with Crippen molar-refractivity contribution in [2.45, 2.75) is 26.7 Å². The zero-order valence-corrected chi connectivity index (χ0v) is 19.9. The first-order chi connectivity index (χ1) is 17.3. The standard InChI is InChI=1S/C28H24N4O4/c1-17(33)15-25(35)29-21-11-7-19(8-12-21)27-28(32-24-6-4-3-5-23(24)31-27)20-9-13-22(14-10-20)30-26(36)16-18(2)34/h3-14H,15-16H2,1-2H3,(H,29,35)(H,30,36). The smallest absolute Gasteiger partial charge is 0.231 e. The zero-order valence-electron chi connectivity index (χ0n) is 19.9. The molecule has 0 unspecified atom stereocenters.